The quantitative estimate of drug-likeness (QED) is 0.630. The van der Waals surface area contributed by atoms with Crippen molar-refractivity contribution in [2.75, 3.05) is 0 Å². The first-order valence-corrected chi connectivity index (χ1v) is 3.22. The van der Waals surface area contributed by atoms with E-state index in [1.165, 1.54) is 0 Å². The molecular weight excluding hydrogens is 193 g/mol. The Morgan fingerprint density at radius 2 is 1.85 bits per heavy atom. The van der Waals surface area contributed by atoms with Crippen molar-refractivity contribution in [3.63, 3.8) is 0 Å². The molecule has 1 rings (SSSR count). The summed E-state index contributed by atoms with van der Waals surface area (Å²) in [5.41, 5.74) is -1.98. The molecule has 0 N–H and O–H groups in total. The zero-order chi connectivity index (χ0) is 10.1. The van der Waals surface area contributed by atoms with Crippen LogP contribution in [0, 0.1) is 0 Å². The van der Waals surface area contributed by atoms with Crippen LogP contribution in [0.15, 0.2) is 18.3 Å². The Hall–Kier alpha value is -1.20. The first-order valence-electron chi connectivity index (χ1n) is 3.22. The second kappa shape index (κ2) is 3.27. The Bertz CT molecular complexity index is 293. The van der Waals surface area contributed by atoms with E-state index in [0.717, 1.165) is 6.07 Å². The van der Waals surface area contributed by atoms with Crippen LogP contribution in [0.25, 0.3) is 0 Å². The van der Waals surface area contributed by atoms with E-state index in [1.54, 1.807) is 0 Å². The number of alkyl halides is 5. The van der Waals surface area contributed by atoms with Gasteiger partial charge in [0, 0.05) is 11.8 Å². The van der Waals surface area contributed by atoms with E-state index in [1.807, 2.05) is 0 Å². The van der Waals surface area contributed by atoms with Gasteiger partial charge in [-0.05, 0) is 12.1 Å². The van der Waals surface area contributed by atoms with Crippen LogP contribution >= 0.6 is 0 Å². The predicted octanol–water partition coefficient (Wildman–Crippen LogP) is 3.04. The van der Waals surface area contributed by atoms with E-state index in [-0.39, 0.29) is 0 Å². The average molecular weight is 197 g/mol. The van der Waals surface area contributed by atoms with Gasteiger partial charge in [0.15, 0.2) is 0 Å². The molecular formula is C7H4F5N. The minimum Gasteiger partial charge on any atom is -0.252 e. The standard InChI is InChI=1S/C7H4F5N/c8-6(9)4-1-2-13-5(3-4)7(10,11)12/h1-3,6H. The van der Waals surface area contributed by atoms with Crippen molar-refractivity contribution in [3.05, 3.63) is 29.6 Å². The fraction of sp³-hybridized carbons (Fsp3) is 0.286. The van der Waals surface area contributed by atoms with E-state index in [0.29, 0.717) is 12.3 Å². The van der Waals surface area contributed by atoms with E-state index in [9.17, 15) is 22.0 Å². The molecule has 0 spiro atoms. The molecule has 1 nitrogen and oxygen atoms in total. The van der Waals surface area contributed by atoms with Crippen molar-refractivity contribution in [2.24, 2.45) is 0 Å². The highest BCUT2D eigenvalue weighted by molar-refractivity contribution is 5.19. The Morgan fingerprint density at radius 3 is 2.31 bits per heavy atom. The summed E-state index contributed by atoms with van der Waals surface area (Å²) in [4.78, 5) is 2.93. The third kappa shape index (κ3) is 2.37. The van der Waals surface area contributed by atoms with Crippen LogP contribution in [0.2, 0.25) is 0 Å². The van der Waals surface area contributed by atoms with Crippen LogP contribution in [-0.2, 0) is 6.18 Å². The highest BCUT2D eigenvalue weighted by Crippen LogP contribution is 2.29. The van der Waals surface area contributed by atoms with Crippen LogP contribution in [0.3, 0.4) is 0 Å². The normalized spacial score (nSPS) is 12.2. The lowest BCUT2D eigenvalue weighted by Crippen LogP contribution is -2.08. The number of aromatic nitrogens is 1. The molecule has 1 aromatic rings. The maximum atomic E-state index is 11.9. The molecule has 0 aliphatic heterocycles. The summed E-state index contributed by atoms with van der Waals surface area (Å²) < 4.78 is 59.7. The molecule has 72 valence electrons. The van der Waals surface area contributed by atoms with Crippen molar-refractivity contribution in [3.8, 4) is 0 Å². The zero-order valence-corrected chi connectivity index (χ0v) is 6.15. The molecule has 1 aromatic heterocycles. The van der Waals surface area contributed by atoms with Crippen molar-refractivity contribution < 1.29 is 22.0 Å². The van der Waals surface area contributed by atoms with Gasteiger partial charge in [-0.2, -0.15) is 13.2 Å². The van der Waals surface area contributed by atoms with E-state index in [4.69, 9.17) is 0 Å². The van der Waals surface area contributed by atoms with Gasteiger partial charge in [0.25, 0.3) is 6.43 Å². The molecule has 0 aromatic carbocycles. The predicted molar refractivity (Wildman–Crippen MR) is 34.2 cm³/mol. The van der Waals surface area contributed by atoms with E-state index >= 15 is 0 Å². The Labute approximate surface area is 70.2 Å². The van der Waals surface area contributed by atoms with Crippen molar-refractivity contribution in [2.45, 2.75) is 12.6 Å². The van der Waals surface area contributed by atoms with Crippen LogP contribution in [0.5, 0.6) is 0 Å². The maximum Gasteiger partial charge on any atom is 0.433 e. The van der Waals surface area contributed by atoms with Gasteiger partial charge < -0.3 is 0 Å². The van der Waals surface area contributed by atoms with Gasteiger partial charge in [-0.3, -0.25) is 4.98 Å². The lowest BCUT2D eigenvalue weighted by molar-refractivity contribution is -0.141. The highest BCUT2D eigenvalue weighted by atomic mass is 19.4. The molecule has 1 heterocycles. The third-order valence-corrected chi connectivity index (χ3v) is 1.33. The largest absolute Gasteiger partial charge is 0.433 e. The van der Waals surface area contributed by atoms with Crippen molar-refractivity contribution in [1.82, 2.24) is 4.98 Å². The van der Waals surface area contributed by atoms with E-state index < -0.39 is 23.9 Å². The summed E-state index contributed by atoms with van der Waals surface area (Å²) in [5.74, 6) is 0. The molecule has 0 aliphatic carbocycles. The second-order valence-corrected chi connectivity index (χ2v) is 2.27. The van der Waals surface area contributed by atoms with Crippen LogP contribution in [-0.4, -0.2) is 4.98 Å². The van der Waals surface area contributed by atoms with Gasteiger partial charge in [0.2, 0.25) is 0 Å². The maximum absolute atomic E-state index is 11.9. The minimum atomic E-state index is -4.68. The van der Waals surface area contributed by atoms with Crippen LogP contribution < -0.4 is 0 Å². The number of hydrogen-bond donors (Lipinski definition) is 0. The molecule has 0 amide bonds. The number of nitrogens with zero attached hydrogens (tertiary/aromatic N) is 1. The van der Waals surface area contributed by atoms with Crippen molar-refractivity contribution in [1.29, 1.82) is 0 Å². The summed E-state index contributed by atoms with van der Waals surface area (Å²) in [6, 6.07) is 1.19. The van der Waals surface area contributed by atoms with Crippen molar-refractivity contribution >= 4 is 0 Å². The Kier molecular flexibility index (Phi) is 2.49. The lowest BCUT2D eigenvalue weighted by Gasteiger charge is -2.06. The first kappa shape index (κ1) is 9.88. The fourth-order valence-electron chi connectivity index (χ4n) is 0.738. The van der Waals surface area contributed by atoms with Gasteiger partial charge in [-0.25, -0.2) is 8.78 Å². The smallest absolute Gasteiger partial charge is 0.252 e. The zero-order valence-electron chi connectivity index (χ0n) is 6.15. The molecule has 13 heavy (non-hydrogen) atoms. The van der Waals surface area contributed by atoms with Gasteiger partial charge >= 0.3 is 6.18 Å². The van der Waals surface area contributed by atoms with Crippen LogP contribution in [0.4, 0.5) is 22.0 Å². The van der Waals surface area contributed by atoms with E-state index in [2.05, 4.69) is 4.98 Å². The number of pyridine rings is 1. The Balaban J connectivity index is 3.06. The van der Waals surface area contributed by atoms with Gasteiger partial charge in [0.1, 0.15) is 5.69 Å². The van der Waals surface area contributed by atoms with Gasteiger partial charge in [-0.1, -0.05) is 0 Å². The summed E-state index contributed by atoms with van der Waals surface area (Å²) in [6.07, 6.45) is -6.88. The summed E-state index contributed by atoms with van der Waals surface area (Å²) in [5, 5.41) is 0. The highest BCUT2D eigenvalue weighted by Gasteiger charge is 2.32. The monoisotopic (exact) mass is 197 g/mol. The molecule has 0 radical (unpaired) electrons. The van der Waals surface area contributed by atoms with Gasteiger partial charge in [-0.15, -0.1) is 0 Å². The SMILES string of the molecule is FC(F)c1ccnc(C(F)(F)F)c1. The summed E-state index contributed by atoms with van der Waals surface area (Å²) in [6.45, 7) is 0. The molecule has 0 fully saturated rings. The second-order valence-electron chi connectivity index (χ2n) is 2.27. The number of hydrogen-bond acceptors (Lipinski definition) is 1. The molecule has 0 saturated heterocycles. The molecule has 0 aliphatic rings. The molecule has 0 unspecified atom stereocenters. The fourth-order valence-corrected chi connectivity index (χ4v) is 0.738. The molecule has 0 saturated carbocycles. The summed E-state index contributed by atoms with van der Waals surface area (Å²) >= 11 is 0. The molecule has 0 bridgehead atoms. The minimum absolute atomic E-state index is 0.338. The number of halogens is 5. The molecule has 0 atom stereocenters. The van der Waals surface area contributed by atoms with Crippen LogP contribution in [0.1, 0.15) is 17.7 Å². The summed E-state index contributed by atoms with van der Waals surface area (Å²) in [7, 11) is 0. The Morgan fingerprint density at radius 1 is 1.23 bits per heavy atom. The molecule has 6 heteroatoms. The first-order chi connectivity index (χ1) is 5.91. The lowest BCUT2D eigenvalue weighted by atomic mass is 10.2. The number of rotatable bonds is 1. The van der Waals surface area contributed by atoms with Gasteiger partial charge in [0.05, 0.1) is 0 Å². The average Bonchev–Trinajstić information content (AvgIpc) is 2.03. The third-order valence-electron chi connectivity index (χ3n) is 1.33. The topological polar surface area (TPSA) is 12.9 Å².